The number of amides is 2. The molecule has 168 valence electrons. The molecule has 0 aliphatic rings. The number of hydrogen-bond acceptors (Lipinski definition) is 4. The lowest BCUT2D eigenvalue weighted by atomic mass is 10.1. The van der Waals surface area contributed by atoms with Gasteiger partial charge in [-0.15, -0.1) is 0 Å². The smallest absolute Gasteiger partial charge is 0.244 e. The number of halogens is 2. The van der Waals surface area contributed by atoms with Crippen LogP contribution >= 0.6 is 15.9 Å². The number of hydrogen-bond donors (Lipinski definition) is 1. The van der Waals surface area contributed by atoms with E-state index in [1.807, 2.05) is 0 Å². The van der Waals surface area contributed by atoms with Crippen LogP contribution in [0.5, 0.6) is 0 Å². The van der Waals surface area contributed by atoms with Crippen LogP contribution in [0.2, 0.25) is 0 Å². The van der Waals surface area contributed by atoms with Gasteiger partial charge < -0.3 is 10.2 Å². The predicted molar refractivity (Wildman–Crippen MR) is 121 cm³/mol. The van der Waals surface area contributed by atoms with E-state index in [0.29, 0.717) is 17.8 Å². The van der Waals surface area contributed by atoms with Gasteiger partial charge >= 0.3 is 0 Å². The molecule has 1 atom stereocenters. The van der Waals surface area contributed by atoms with Gasteiger partial charge in [-0.2, -0.15) is 0 Å². The first-order chi connectivity index (χ1) is 14.5. The van der Waals surface area contributed by atoms with Crippen LogP contribution in [0.1, 0.15) is 19.4 Å². The predicted octanol–water partition coefficient (Wildman–Crippen LogP) is 2.91. The van der Waals surface area contributed by atoms with Gasteiger partial charge in [0.25, 0.3) is 0 Å². The van der Waals surface area contributed by atoms with E-state index in [-0.39, 0.29) is 12.5 Å². The molecule has 2 aromatic carbocycles. The number of nitrogens with zero attached hydrogens (tertiary/aromatic N) is 2. The molecule has 0 heterocycles. The van der Waals surface area contributed by atoms with Gasteiger partial charge in [0.05, 0.1) is 11.9 Å². The zero-order valence-corrected chi connectivity index (χ0v) is 19.9. The molecular formula is C21H25BrFN3O4S. The Labute approximate surface area is 190 Å². The number of anilines is 1. The fourth-order valence-electron chi connectivity index (χ4n) is 2.91. The van der Waals surface area contributed by atoms with Crippen LogP contribution in [0.25, 0.3) is 0 Å². The van der Waals surface area contributed by atoms with Gasteiger partial charge in [-0.3, -0.25) is 13.9 Å². The molecule has 0 saturated heterocycles. The molecule has 0 bridgehead atoms. The van der Waals surface area contributed by atoms with Crippen molar-refractivity contribution in [1.29, 1.82) is 0 Å². The second-order valence-corrected chi connectivity index (χ2v) is 9.79. The Balaban J connectivity index is 2.35. The quantitative estimate of drug-likeness (QED) is 0.558. The Hall–Kier alpha value is -2.46. The molecule has 2 amide bonds. The minimum absolute atomic E-state index is 0.0232. The van der Waals surface area contributed by atoms with Crippen LogP contribution in [0, 0.1) is 5.82 Å². The van der Waals surface area contributed by atoms with E-state index in [9.17, 15) is 22.4 Å². The van der Waals surface area contributed by atoms with Gasteiger partial charge in [-0.05, 0) is 55.8 Å². The van der Waals surface area contributed by atoms with Crippen molar-refractivity contribution < 1.29 is 22.4 Å². The summed E-state index contributed by atoms with van der Waals surface area (Å²) in [6.45, 7) is 3.25. The molecule has 0 unspecified atom stereocenters. The summed E-state index contributed by atoms with van der Waals surface area (Å²) >= 11 is 3.30. The summed E-state index contributed by atoms with van der Waals surface area (Å²) in [4.78, 5) is 26.9. The Morgan fingerprint density at radius 2 is 1.68 bits per heavy atom. The van der Waals surface area contributed by atoms with Crippen molar-refractivity contribution in [1.82, 2.24) is 10.2 Å². The standard InChI is InChI=1S/C21H25BrFN3O4S/c1-4-24-21(28)15(2)25(13-16-5-9-18(23)10-6-16)20(27)14-26(31(3,29)30)19-11-7-17(22)8-12-19/h5-12,15H,4,13-14H2,1-3H3,(H,24,28)/t15-/m1/s1. The highest BCUT2D eigenvalue weighted by molar-refractivity contribution is 9.10. The minimum Gasteiger partial charge on any atom is -0.355 e. The molecule has 0 aliphatic carbocycles. The van der Waals surface area contributed by atoms with E-state index in [1.165, 1.54) is 29.2 Å². The summed E-state index contributed by atoms with van der Waals surface area (Å²) in [6.07, 6.45) is 1.01. The highest BCUT2D eigenvalue weighted by atomic mass is 79.9. The summed E-state index contributed by atoms with van der Waals surface area (Å²) in [6, 6.07) is 11.2. The van der Waals surface area contributed by atoms with Crippen LogP contribution in [0.15, 0.2) is 53.0 Å². The summed E-state index contributed by atoms with van der Waals surface area (Å²) in [5.74, 6) is -1.35. The van der Waals surface area contributed by atoms with Crippen LogP contribution in [0.4, 0.5) is 10.1 Å². The molecular weight excluding hydrogens is 489 g/mol. The molecule has 0 aromatic heterocycles. The molecule has 0 spiro atoms. The van der Waals surface area contributed by atoms with E-state index in [2.05, 4.69) is 21.2 Å². The molecule has 0 fully saturated rings. The molecule has 1 N–H and O–H groups in total. The maximum atomic E-state index is 13.3. The van der Waals surface area contributed by atoms with Crippen molar-refractivity contribution in [2.24, 2.45) is 0 Å². The Bertz CT molecular complexity index is 1010. The maximum Gasteiger partial charge on any atom is 0.244 e. The van der Waals surface area contributed by atoms with Crippen LogP contribution in [0.3, 0.4) is 0 Å². The first-order valence-electron chi connectivity index (χ1n) is 9.57. The van der Waals surface area contributed by atoms with E-state index in [1.54, 1.807) is 38.1 Å². The van der Waals surface area contributed by atoms with Crippen molar-refractivity contribution in [3.05, 3.63) is 64.4 Å². The summed E-state index contributed by atoms with van der Waals surface area (Å²) in [5, 5.41) is 2.67. The molecule has 0 aliphatic heterocycles. The molecule has 10 heteroatoms. The highest BCUT2D eigenvalue weighted by Gasteiger charge is 2.29. The molecule has 31 heavy (non-hydrogen) atoms. The molecule has 0 saturated carbocycles. The number of likely N-dealkylation sites (N-methyl/N-ethyl adjacent to an activating group) is 1. The summed E-state index contributed by atoms with van der Waals surface area (Å²) in [7, 11) is -3.77. The van der Waals surface area contributed by atoms with E-state index in [0.717, 1.165) is 15.0 Å². The normalized spacial score (nSPS) is 12.2. The zero-order valence-electron chi connectivity index (χ0n) is 17.5. The first kappa shape index (κ1) is 24.8. The SMILES string of the molecule is CCNC(=O)[C@@H](C)N(Cc1ccc(F)cc1)C(=O)CN(c1ccc(Br)cc1)S(C)(=O)=O. The zero-order chi connectivity index (χ0) is 23.2. The lowest BCUT2D eigenvalue weighted by Gasteiger charge is -2.31. The monoisotopic (exact) mass is 513 g/mol. The fraction of sp³-hybridized carbons (Fsp3) is 0.333. The topological polar surface area (TPSA) is 86.8 Å². The number of nitrogens with one attached hydrogen (secondary N) is 1. The van der Waals surface area contributed by atoms with E-state index in [4.69, 9.17) is 0 Å². The fourth-order valence-corrected chi connectivity index (χ4v) is 4.03. The Morgan fingerprint density at radius 1 is 1.10 bits per heavy atom. The van der Waals surface area contributed by atoms with Gasteiger partial charge in [-0.25, -0.2) is 12.8 Å². The Kier molecular flexibility index (Phi) is 8.58. The third-order valence-electron chi connectivity index (χ3n) is 4.58. The van der Waals surface area contributed by atoms with Crippen LogP contribution in [-0.2, 0) is 26.2 Å². The van der Waals surface area contributed by atoms with Gasteiger partial charge in [-0.1, -0.05) is 28.1 Å². The van der Waals surface area contributed by atoms with E-state index < -0.39 is 34.3 Å². The summed E-state index contributed by atoms with van der Waals surface area (Å²) < 4.78 is 39.8. The third-order valence-corrected chi connectivity index (χ3v) is 6.25. The number of carbonyl (C=O) groups excluding carboxylic acids is 2. The second kappa shape index (κ2) is 10.7. The number of benzene rings is 2. The summed E-state index contributed by atoms with van der Waals surface area (Å²) in [5.41, 5.74) is 0.937. The Morgan fingerprint density at radius 3 is 2.19 bits per heavy atom. The van der Waals surface area contributed by atoms with Crippen molar-refractivity contribution in [2.75, 3.05) is 23.7 Å². The third kappa shape index (κ3) is 7.03. The van der Waals surface area contributed by atoms with Crippen molar-refractivity contribution >= 4 is 43.5 Å². The highest BCUT2D eigenvalue weighted by Crippen LogP contribution is 2.21. The minimum atomic E-state index is -3.77. The average molecular weight is 514 g/mol. The average Bonchev–Trinajstić information content (AvgIpc) is 2.71. The van der Waals surface area contributed by atoms with Crippen molar-refractivity contribution in [2.45, 2.75) is 26.4 Å². The largest absolute Gasteiger partial charge is 0.355 e. The molecule has 2 rings (SSSR count). The number of carbonyl (C=O) groups is 2. The van der Waals surface area contributed by atoms with E-state index >= 15 is 0 Å². The lowest BCUT2D eigenvalue weighted by molar-refractivity contribution is -0.139. The molecule has 2 aromatic rings. The molecule has 0 radical (unpaired) electrons. The van der Waals surface area contributed by atoms with Crippen LogP contribution < -0.4 is 9.62 Å². The van der Waals surface area contributed by atoms with Gasteiger partial charge in [0.2, 0.25) is 21.8 Å². The number of sulfonamides is 1. The number of rotatable bonds is 9. The maximum absolute atomic E-state index is 13.3. The second-order valence-electron chi connectivity index (χ2n) is 6.96. The van der Waals surface area contributed by atoms with Crippen LogP contribution in [-0.4, -0.2) is 50.5 Å². The lowest BCUT2D eigenvalue weighted by Crippen LogP contribution is -2.51. The first-order valence-corrected chi connectivity index (χ1v) is 12.2. The van der Waals surface area contributed by atoms with Crippen molar-refractivity contribution in [3.63, 3.8) is 0 Å². The van der Waals surface area contributed by atoms with Crippen molar-refractivity contribution in [3.8, 4) is 0 Å². The van der Waals surface area contributed by atoms with Gasteiger partial charge in [0.1, 0.15) is 18.4 Å². The van der Waals surface area contributed by atoms with Gasteiger partial charge in [0, 0.05) is 17.6 Å². The molecule has 7 nitrogen and oxygen atoms in total. The van der Waals surface area contributed by atoms with Gasteiger partial charge in [0.15, 0.2) is 0 Å².